The number of nitrogens with zero attached hydrogens (tertiary/aromatic N) is 2. The van der Waals surface area contributed by atoms with Crippen LogP contribution < -0.4 is 10.1 Å². The monoisotopic (exact) mass is 415 g/mol. The minimum Gasteiger partial charge on any atom is -0.487 e. The van der Waals surface area contributed by atoms with Crippen molar-refractivity contribution in [3.63, 3.8) is 0 Å². The van der Waals surface area contributed by atoms with Crippen LogP contribution >= 0.6 is 11.3 Å². The molecule has 0 aliphatic heterocycles. The lowest BCUT2D eigenvalue weighted by molar-refractivity contribution is 0.0942. The molecule has 1 N–H and O–H groups in total. The van der Waals surface area contributed by atoms with E-state index in [9.17, 15) is 4.79 Å². The molecule has 150 valence electrons. The highest BCUT2D eigenvalue weighted by Crippen LogP contribution is 2.22. The molecule has 1 unspecified atom stereocenters. The normalized spacial score (nSPS) is 11.6. The molecule has 5 nitrogen and oxygen atoms in total. The molecule has 0 saturated heterocycles. The minimum atomic E-state index is -0.345. The summed E-state index contributed by atoms with van der Waals surface area (Å²) in [5.74, 6) is 0.437. The second kappa shape index (κ2) is 9.33. The van der Waals surface area contributed by atoms with Gasteiger partial charge in [-0.2, -0.15) is 0 Å². The number of amides is 1. The average Bonchev–Trinajstić information content (AvgIpc) is 3.22. The van der Waals surface area contributed by atoms with Gasteiger partial charge in [0, 0.05) is 17.1 Å². The maximum atomic E-state index is 13.0. The van der Waals surface area contributed by atoms with E-state index in [1.807, 2.05) is 73.0 Å². The van der Waals surface area contributed by atoms with Crippen molar-refractivity contribution < 1.29 is 9.53 Å². The van der Waals surface area contributed by atoms with Crippen LogP contribution in [0.1, 0.15) is 38.4 Å². The topological polar surface area (TPSA) is 64.1 Å². The highest BCUT2D eigenvalue weighted by molar-refractivity contribution is 7.09. The van der Waals surface area contributed by atoms with Crippen molar-refractivity contribution in [3.8, 4) is 5.75 Å². The fourth-order valence-corrected chi connectivity index (χ4v) is 3.69. The predicted octanol–water partition coefficient (Wildman–Crippen LogP) is 4.94. The fourth-order valence-electron chi connectivity index (χ4n) is 3.09. The Morgan fingerprint density at radius 1 is 1.07 bits per heavy atom. The zero-order valence-corrected chi connectivity index (χ0v) is 17.3. The minimum absolute atomic E-state index is 0.190. The number of carbonyl (C=O) groups is 1. The van der Waals surface area contributed by atoms with Gasteiger partial charge in [0.05, 0.1) is 22.4 Å². The Kier molecular flexibility index (Phi) is 6.15. The smallest absolute Gasteiger partial charge is 0.252 e. The number of rotatable bonds is 7. The Hall–Kier alpha value is -3.51. The van der Waals surface area contributed by atoms with Crippen LogP contribution in [0.25, 0.3) is 0 Å². The highest BCUT2D eigenvalue weighted by Gasteiger charge is 2.19. The Balaban J connectivity index is 1.51. The van der Waals surface area contributed by atoms with Gasteiger partial charge in [0.1, 0.15) is 12.4 Å². The first kappa shape index (κ1) is 19.8. The Labute approximate surface area is 179 Å². The molecule has 1 atom stereocenters. The maximum Gasteiger partial charge on any atom is 0.252 e. The van der Waals surface area contributed by atoms with Gasteiger partial charge in [-0.3, -0.25) is 9.78 Å². The fraction of sp³-hybridized carbons (Fsp3) is 0.125. The van der Waals surface area contributed by atoms with E-state index in [-0.39, 0.29) is 11.9 Å². The zero-order chi connectivity index (χ0) is 20.8. The van der Waals surface area contributed by atoms with Crippen molar-refractivity contribution in [2.75, 3.05) is 0 Å². The molecular weight excluding hydrogens is 394 g/mol. The molecule has 1 amide bonds. The highest BCUT2D eigenvalue weighted by atomic mass is 32.1. The summed E-state index contributed by atoms with van der Waals surface area (Å²) in [5, 5.41) is 6.08. The average molecular weight is 416 g/mol. The molecule has 2 heterocycles. The lowest BCUT2D eigenvalue weighted by Crippen LogP contribution is -2.29. The number of benzene rings is 2. The van der Waals surface area contributed by atoms with Crippen LogP contribution in [-0.4, -0.2) is 15.9 Å². The third-order valence-electron chi connectivity index (χ3n) is 4.54. The summed E-state index contributed by atoms with van der Waals surface area (Å²) in [6.45, 7) is 2.33. The van der Waals surface area contributed by atoms with Gasteiger partial charge in [-0.15, -0.1) is 11.3 Å². The second-order valence-corrected chi connectivity index (χ2v) is 7.81. The summed E-state index contributed by atoms with van der Waals surface area (Å²) < 4.78 is 5.82. The zero-order valence-electron chi connectivity index (χ0n) is 16.5. The summed E-state index contributed by atoms with van der Waals surface area (Å²) in [6, 6.07) is 22.3. The van der Waals surface area contributed by atoms with Gasteiger partial charge in [0.2, 0.25) is 0 Å². The molecule has 4 aromatic rings. The molecule has 6 heteroatoms. The number of hydrogen-bond acceptors (Lipinski definition) is 5. The first-order chi connectivity index (χ1) is 14.7. The molecular formula is C24H21N3O2S. The number of pyridine rings is 1. The summed E-state index contributed by atoms with van der Waals surface area (Å²) in [4.78, 5) is 21.9. The Morgan fingerprint density at radius 3 is 2.63 bits per heavy atom. The molecule has 30 heavy (non-hydrogen) atoms. The molecule has 0 saturated carbocycles. The van der Waals surface area contributed by atoms with E-state index in [0.29, 0.717) is 17.9 Å². The molecule has 0 fully saturated rings. The van der Waals surface area contributed by atoms with E-state index < -0.39 is 0 Å². The van der Waals surface area contributed by atoms with E-state index in [1.54, 1.807) is 29.7 Å². The quantitative estimate of drug-likeness (QED) is 0.464. The molecule has 0 radical (unpaired) electrons. The van der Waals surface area contributed by atoms with Gasteiger partial charge in [-0.05, 0) is 42.8 Å². The third-order valence-corrected chi connectivity index (χ3v) is 5.36. The number of aryl methyl sites for hydroxylation is 1. The lowest BCUT2D eigenvalue weighted by atomic mass is 10.0. The first-order valence-electron chi connectivity index (χ1n) is 9.59. The van der Waals surface area contributed by atoms with E-state index in [4.69, 9.17) is 4.74 Å². The van der Waals surface area contributed by atoms with Crippen LogP contribution in [0.2, 0.25) is 0 Å². The number of hydrogen-bond donors (Lipinski definition) is 1. The van der Waals surface area contributed by atoms with Crippen LogP contribution in [0, 0.1) is 6.92 Å². The predicted molar refractivity (Wildman–Crippen MR) is 118 cm³/mol. The molecule has 4 rings (SSSR count). The molecule has 0 aliphatic rings. The van der Waals surface area contributed by atoms with Gasteiger partial charge in [0.15, 0.2) is 0 Å². The maximum absolute atomic E-state index is 13.0. The van der Waals surface area contributed by atoms with E-state index in [0.717, 1.165) is 22.0 Å². The van der Waals surface area contributed by atoms with Crippen molar-refractivity contribution in [1.29, 1.82) is 0 Å². The van der Waals surface area contributed by atoms with Crippen molar-refractivity contribution in [1.82, 2.24) is 15.3 Å². The molecule has 0 bridgehead atoms. The Morgan fingerprint density at radius 2 is 1.90 bits per heavy atom. The lowest BCUT2D eigenvalue weighted by Gasteiger charge is -2.19. The van der Waals surface area contributed by atoms with Crippen molar-refractivity contribution in [2.24, 2.45) is 0 Å². The van der Waals surface area contributed by atoms with Gasteiger partial charge in [-0.25, -0.2) is 4.98 Å². The molecule has 0 spiro atoms. The van der Waals surface area contributed by atoms with Crippen molar-refractivity contribution in [2.45, 2.75) is 19.6 Å². The second-order valence-electron chi connectivity index (χ2n) is 6.75. The van der Waals surface area contributed by atoms with Gasteiger partial charge >= 0.3 is 0 Å². The van der Waals surface area contributed by atoms with E-state index in [2.05, 4.69) is 15.3 Å². The number of thiazole rings is 1. The third kappa shape index (κ3) is 4.90. The largest absolute Gasteiger partial charge is 0.487 e. The number of carbonyl (C=O) groups excluding carboxylic acids is 1. The number of nitrogens with one attached hydrogen (secondary N) is 1. The van der Waals surface area contributed by atoms with Crippen LogP contribution in [0.5, 0.6) is 5.75 Å². The summed E-state index contributed by atoms with van der Waals surface area (Å²) in [6.07, 6.45) is 1.73. The van der Waals surface area contributed by atoms with E-state index in [1.165, 1.54) is 0 Å². The van der Waals surface area contributed by atoms with Crippen LogP contribution in [-0.2, 0) is 6.61 Å². The van der Waals surface area contributed by atoms with Crippen LogP contribution in [0.4, 0.5) is 0 Å². The van der Waals surface area contributed by atoms with E-state index >= 15 is 0 Å². The SMILES string of the molecule is Cc1nc(COc2cccc(C(=O)NC(c3ccccc3)c3ccccn3)c2)cs1. The van der Waals surface area contributed by atoms with Crippen molar-refractivity contribution >= 4 is 17.2 Å². The molecule has 2 aromatic carbocycles. The Bertz CT molecular complexity index is 1070. The molecule has 0 aliphatic carbocycles. The summed E-state index contributed by atoms with van der Waals surface area (Å²) >= 11 is 1.59. The van der Waals surface area contributed by atoms with Gasteiger partial charge in [0.25, 0.3) is 5.91 Å². The standard InChI is InChI=1S/C24H21N3O2S/c1-17-26-20(16-30-17)15-29-21-11-7-10-19(14-21)24(28)27-23(18-8-3-2-4-9-18)22-12-5-6-13-25-22/h2-14,16,23H,15H2,1H3,(H,27,28). The number of ether oxygens (including phenoxy) is 1. The number of aromatic nitrogens is 2. The van der Waals surface area contributed by atoms with Crippen LogP contribution in [0.15, 0.2) is 84.4 Å². The van der Waals surface area contributed by atoms with Crippen LogP contribution in [0.3, 0.4) is 0 Å². The summed E-state index contributed by atoms with van der Waals surface area (Å²) in [7, 11) is 0. The van der Waals surface area contributed by atoms with Gasteiger partial charge < -0.3 is 10.1 Å². The summed E-state index contributed by atoms with van der Waals surface area (Å²) in [5.41, 5.74) is 3.16. The van der Waals surface area contributed by atoms with Gasteiger partial charge in [-0.1, -0.05) is 42.5 Å². The first-order valence-corrected chi connectivity index (χ1v) is 10.5. The molecule has 2 aromatic heterocycles. The van der Waals surface area contributed by atoms with Crippen molar-refractivity contribution in [3.05, 3.63) is 112 Å².